The van der Waals surface area contributed by atoms with Crippen LogP contribution in [0.3, 0.4) is 0 Å². The van der Waals surface area contributed by atoms with Crippen molar-refractivity contribution in [3.05, 3.63) is 23.8 Å². The van der Waals surface area contributed by atoms with Crippen molar-refractivity contribution in [3.8, 4) is 11.5 Å². The topological polar surface area (TPSA) is 56.8 Å². The molecule has 94 valence electrons. The average Bonchev–Trinajstić information content (AvgIpc) is 2.36. The minimum atomic E-state index is -0.224. The Hall–Kier alpha value is -1.75. The highest BCUT2D eigenvalue weighted by atomic mass is 16.6. The Balaban J connectivity index is 2.76. The predicted octanol–water partition coefficient (Wildman–Crippen LogP) is 1.31. The van der Waals surface area contributed by atoms with Crippen LogP contribution in [0.4, 0.5) is 0 Å². The monoisotopic (exact) mass is 239 g/mol. The van der Waals surface area contributed by atoms with E-state index in [2.05, 4.69) is 5.48 Å². The van der Waals surface area contributed by atoms with Crippen molar-refractivity contribution < 1.29 is 19.1 Å². The second-order valence-corrected chi connectivity index (χ2v) is 3.31. The standard InChI is InChI=1S/C12H17NO4/c1-4-17-13-12(14)8-9-7-10(15-2)5-6-11(9)16-3/h5-7H,4,8H2,1-3H3,(H,13,14). The molecule has 0 aliphatic carbocycles. The van der Waals surface area contributed by atoms with Gasteiger partial charge >= 0.3 is 0 Å². The number of nitrogens with one attached hydrogen (secondary N) is 1. The lowest BCUT2D eigenvalue weighted by Gasteiger charge is -2.10. The summed E-state index contributed by atoms with van der Waals surface area (Å²) in [7, 11) is 3.14. The number of carbonyl (C=O) groups excluding carboxylic acids is 1. The van der Waals surface area contributed by atoms with Crippen LogP contribution in [-0.2, 0) is 16.1 Å². The van der Waals surface area contributed by atoms with Gasteiger partial charge in [0.05, 0.1) is 27.2 Å². The van der Waals surface area contributed by atoms with E-state index >= 15 is 0 Å². The molecule has 0 atom stereocenters. The van der Waals surface area contributed by atoms with Gasteiger partial charge in [0.15, 0.2) is 0 Å². The second-order valence-electron chi connectivity index (χ2n) is 3.31. The van der Waals surface area contributed by atoms with E-state index in [1.165, 1.54) is 0 Å². The van der Waals surface area contributed by atoms with E-state index < -0.39 is 0 Å². The first-order valence-corrected chi connectivity index (χ1v) is 5.32. The summed E-state index contributed by atoms with van der Waals surface area (Å²) in [5.74, 6) is 1.11. The van der Waals surface area contributed by atoms with Crippen molar-refractivity contribution in [2.24, 2.45) is 0 Å². The van der Waals surface area contributed by atoms with Gasteiger partial charge in [0, 0.05) is 5.56 Å². The van der Waals surface area contributed by atoms with Gasteiger partial charge in [-0.15, -0.1) is 0 Å². The fourth-order valence-electron chi connectivity index (χ4n) is 1.38. The molecule has 1 N–H and O–H groups in total. The zero-order valence-corrected chi connectivity index (χ0v) is 10.3. The van der Waals surface area contributed by atoms with Crippen molar-refractivity contribution in [2.75, 3.05) is 20.8 Å². The van der Waals surface area contributed by atoms with Gasteiger partial charge in [0.25, 0.3) is 0 Å². The molecule has 0 bridgehead atoms. The Morgan fingerprint density at radius 1 is 1.29 bits per heavy atom. The van der Waals surface area contributed by atoms with Crippen LogP contribution in [0.1, 0.15) is 12.5 Å². The molecular formula is C12H17NO4. The molecule has 0 heterocycles. The van der Waals surface area contributed by atoms with E-state index in [1.54, 1.807) is 39.3 Å². The molecule has 0 radical (unpaired) electrons. The quantitative estimate of drug-likeness (QED) is 0.760. The number of carbonyl (C=O) groups is 1. The molecule has 0 fully saturated rings. The summed E-state index contributed by atoms with van der Waals surface area (Å²) < 4.78 is 10.3. The highest BCUT2D eigenvalue weighted by Crippen LogP contribution is 2.24. The molecule has 1 rings (SSSR count). The molecule has 17 heavy (non-hydrogen) atoms. The van der Waals surface area contributed by atoms with Gasteiger partial charge in [0.1, 0.15) is 11.5 Å². The smallest absolute Gasteiger partial charge is 0.248 e. The van der Waals surface area contributed by atoms with Gasteiger partial charge < -0.3 is 9.47 Å². The zero-order valence-electron chi connectivity index (χ0n) is 10.3. The molecule has 0 saturated heterocycles. The number of rotatable bonds is 6. The normalized spacial score (nSPS) is 9.82. The lowest BCUT2D eigenvalue weighted by molar-refractivity contribution is -0.132. The van der Waals surface area contributed by atoms with E-state index in [9.17, 15) is 4.79 Å². The predicted molar refractivity (Wildman–Crippen MR) is 63.0 cm³/mol. The van der Waals surface area contributed by atoms with E-state index in [-0.39, 0.29) is 12.3 Å². The Morgan fingerprint density at radius 3 is 2.65 bits per heavy atom. The minimum absolute atomic E-state index is 0.181. The van der Waals surface area contributed by atoms with Crippen LogP contribution in [0.25, 0.3) is 0 Å². The third-order valence-corrected chi connectivity index (χ3v) is 2.17. The summed E-state index contributed by atoms with van der Waals surface area (Å²) in [6.07, 6.45) is 0.181. The molecular weight excluding hydrogens is 222 g/mol. The fourth-order valence-corrected chi connectivity index (χ4v) is 1.38. The van der Waals surface area contributed by atoms with Crippen LogP contribution in [0, 0.1) is 0 Å². The van der Waals surface area contributed by atoms with Crippen molar-refractivity contribution in [1.82, 2.24) is 5.48 Å². The fraction of sp³-hybridized carbons (Fsp3) is 0.417. The van der Waals surface area contributed by atoms with Crippen LogP contribution in [0.5, 0.6) is 11.5 Å². The van der Waals surface area contributed by atoms with Gasteiger partial charge in [-0.05, 0) is 25.1 Å². The van der Waals surface area contributed by atoms with Crippen molar-refractivity contribution >= 4 is 5.91 Å². The summed E-state index contributed by atoms with van der Waals surface area (Å²) in [6, 6.07) is 5.31. The summed E-state index contributed by atoms with van der Waals surface area (Å²) in [4.78, 5) is 16.3. The lowest BCUT2D eigenvalue weighted by Crippen LogP contribution is -2.25. The van der Waals surface area contributed by atoms with Gasteiger partial charge in [-0.3, -0.25) is 9.63 Å². The average molecular weight is 239 g/mol. The van der Waals surface area contributed by atoms with Crippen LogP contribution >= 0.6 is 0 Å². The van der Waals surface area contributed by atoms with E-state index in [0.717, 1.165) is 5.56 Å². The molecule has 0 aromatic heterocycles. The lowest BCUT2D eigenvalue weighted by atomic mass is 10.1. The number of benzene rings is 1. The van der Waals surface area contributed by atoms with Crippen molar-refractivity contribution in [2.45, 2.75) is 13.3 Å². The number of amides is 1. The third-order valence-electron chi connectivity index (χ3n) is 2.17. The van der Waals surface area contributed by atoms with Crippen LogP contribution in [0.15, 0.2) is 18.2 Å². The molecule has 5 heteroatoms. The van der Waals surface area contributed by atoms with E-state index in [1.807, 2.05) is 0 Å². The Bertz CT molecular complexity index is 379. The first-order chi connectivity index (χ1) is 8.21. The molecule has 0 unspecified atom stereocenters. The second kappa shape index (κ2) is 6.75. The molecule has 0 aliphatic heterocycles. The Kier molecular flexibility index (Phi) is 5.29. The maximum absolute atomic E-state index is 11.5. The summed E-state index contributed by atoms with van der Waals surface area (Å²) >= 11 is 0. The highest BCUT2D eigenvalue weighted by molar-refractivity contribution is 5.78. The highest BCUT2D eigenvalue weighted by Gasteiger charge is 2.10. The number of hydrogen-bond donors (Lipinski definition) is 1. The van der Waals surface area contributed by atoms with E-state index in [0.29, 0.717) is 18.1 Å². The first-order valence-electron chi connectivity index (χ1n) is 5.32. The maximum atomic E-state index is 11.5. The Morgan fingerprint density at radius 2 is 2.06 bits per heavy atom. The minimum Gasteiger partial charge on any atom is -0.497 e. The molecule has 0 saturated carbocycles. The Labute approximate surface area is 101 Å². The third kappa shape index (κ3) is 3.96. The number of hydrogen-bond acceptors (Lipinski definition) is 4. The molecule has 5 nitrogen and oxygen atoms in total. The summed E-state index contributed by atoms with van der Waals surface area (Å²) in [6.45, 7) is 2.23. The molecule has 0 spiro atoms. The maximum Gasteiger partial charge on any atom is 0.248 e. The summed E-state index contributed by atoms with van der Waals surface area (Å²) in [5, 5.41) is 0. The molecule has 0 aliphatic rings. The number of methoxy groups -OCH3 is 2. The van der Waals surface area contributed by atoms with Gasteiger partial charge in [0.2, 0.25) is 5.91 Å². The van der Waals surface area contributed by atoms with Crippen molar-refractivity contribution in [1.29, 1.82) is 0 Å². The first kappa shape index (κ1) is 13.3. The number of ether oxygens (including phenoxy) is 2. The van der Waals surface area contributed by atoms with Crippen LogP contribution < -0.4 is 15.0 Å². The van der Waals surface area contributed by atoms with E-state index in [4.69, 9.17) is 14.3 Å². The SMILES string of the molecule is CCONC(=O)Cc1cc(OC)ccc1OC. The van der Waals surface area contributed by atoms with Gasteiger partial charge in [-0.25, -0.2) is 5.48 Å². The van der Waals surface area contributed by atoms with Crippen molar-refractivity contribution in [3.63, 3.8) is 0 Å². The molecule has 1 aromatic carbocycles. The summed E-state index contributed by atoms with van der Waals surface area (Å²) in [5.41, 5.74) is 3.09. The van der Waals surface area contributed by atoms with Crippen LogP contribution in [-0.4, -0.2) is 26.7 Å². The molecule has 1 amide bonds. The van der Waals surface area contributed by atoms with Gasteiger partial charge in [-0.1, -0.05) is 0 Å². The molecule has 1 aromatic rings. The zero-order chi connectivity index (χ0) is 12.7. The van der Waals surface area contributed by atoms with Crippen LogP contribution in [0.2, 0.25) is 0 Å². The number of hydroxylamine groups is 1. The largest absolute Gasteiger partial charge is 0.497 e. The van der Waals surface area contributed by atoms with Gasteiger partial charge in [-0.2, -0.15) is 0 Å².